The first-order valence-corrected chi connectivity index (χ1v) is 10.2. The van der Waals surface area contributed by atoms with Gasteiger partial charge in [0.2, 0.25) is 0 Å². The van der Waals surface area contributed by atoms with Gasteiger partial charge in [-0.05, 0) is 68.6 Å². The van der Waals surface area contributed by atoms with Gasteiger partial charge >= 0.3 is 0 Å². The second-order valence-corrected chi connectivity index (χ2v) is 8.35. The second kappa shape index (κ2) is 7.99. The van der Waals surface area contributed by atoms with Crippen molar-refractivity contribution in [2.75, 3.05) is 13.1 Å². The number of carbonyl (C=O) groups excluding carboxylic acids is 1. The molecule has 1 amide bonds. The molecule has 1 unspecified atom stereocenters. The average Bonchev–Trinajstić information content (AvgIpc) is 3.35. The number of carbonyl (C=O) groups is 1. The van der Waals surface area contributed by atoms with Gasteiger partial charge in [0, 0.05) is 19.1 Å². The molecule has 2 heterocycles. The highest BCUT2D eigenvalue weighted by molar-refractivity contribution is 5.92. The van der Waals surface area contributed by atoms with Gasteiger partial charge in [0.05, 0.1) is 12.2 Å². The van der Waals surface area contributed by atoms with Gasteiger partial charge in [0.1, 0.15) is 5.82 Å². The van der Waals surface area contributed by atoms with Crippen molar-refractivity contribution in [1.82, 2.24) is 19.9 Å². The first-order chi connectivity index (χ1) is 13.5. The Hall–Kier alpha value is -2.28. The van der Waals surface area contributed by atoms with Gasteiger partial charge in [-0.25, -0.2) is 9.07 Å². The fraction of sp³-hybridized carbons (Fsp3) is 0.571. The third-order valence-electron chi connectivity index (χ3n) is 6.16. The Balaban J connectivity index is 1.35. The molecule has 1 aliphatic heterocycles. The fourth-order valence-corrected chi connectivity index (χ4v) is 4.43. The highest BCUT2D eigenvalue weighted by Crippen LogP contribution is 2.27. The Morgan fingerprint density at radius 2 is 2.04 bits per heavy atom. The summed E-state index contributed by atoms with van der Waals surface area (Å²) in [6.45, 7) is 3.22. The van der Waals surface area contributed by atoms with E-state index in [0.29, 0.717) is 29.8 Å². The molecular weight excluding hydrogens is 357 g/mol. The molecule has 0 bridgehead atoms. The van der Waals surface area contributed by atoms with E-state index in [-0.39, 0.29) is 17.8 Å². The van der Waals surface area contributed by atoms with Crippen LogP contribution in [0.1, 0.15) is 59.8 Å². The number of aryl methyl sites for hydroxylation is 1. The number of nitrogens with two attached hydrogens (primary N) is 1. The summed E-state index contributed by atoms with van der Waals surface area (Å²) in [5, 5.41) is 8.34. The molecule has 2 N–H and O–H groups in total. The van der Waals surface area contributed by atoms with Crippen LogP contribution in [0.5, 0.6) is 0 Å². The van der Waals surface area contributed by atoms with Crippen molar-refractivity contribution in [3.8, 4) is 0 Å². The molecule has 0 spiro atoms. The monoisotopic (exact) mass is 385 g/mol. The van der Waals surface area contributed by atoms with Crippen LogP contribution >= 0.6 is 0 Å². The molecule has 2 fully saturated rings. The molecule has 1 saturated heterocycles. The van der Waals surface area contributed by atoms with Gasteiger partial charge < -0.3 is 10.6 Å². The van der Waals surface area contributed by atoms with E-state index in [1.54, 1.807) is 13.1 Å². The van der Waals surface area contributed by atoms with E-state index in [1.165, 1.54) is 6.07 Å². The van der Waals surface area contributed by atoms with Crippen molar-refractivity contribution < 1.29 is 9.18 Å². The molecule has 1 aromatic heterocycles. The number of aromatic nitrogens is 3. The van der Waals surface area contributed by atoms with Gasteiger partial charge in [-0.3, -0.25) is 4.79 Å². The normalized spacial score (nSPS) is 25.2. The molecule has 7 heteroatoms. The maximum atomic E-state index is 13.4. The summed E-state index contributed by atoms with van der Waals surface area (Å²) in [4.78, 5) is 14.7. The highest BCUT2D eigenvalue weighted by Gasteiger charge is 2.29. The zero-order valence-electron chi connectivity index (χ0n) is 16.4. The van der Waals surface area contributed by atoms with Crippen molar-refractivity contribution in [2.24, 2.45) is 11.7 Å². The number of amides is 1. The van der Waals surface area contributed by atoms with E-state index in [4.69, 9.17) is 5.73 Å². The van der Waals surface area contributed by atoms with Crippen LogP contribution in [0, 0.1) is 18.7 Å². The van der Waals surface area contributed by atoms with E-state index < -0.39 is 0 Å². The minimum absolute atomic E-state index is 0.0449. The molecule has 1 saturated carbocycles. The molecule has 150 valence electrons. The molecule has 1 aliphatic carbocycles. The number of benzene rings is 1. The van der Waals surface area contributed by atoms with E-state index in [9.17, 15) is 9.18 Å². The quantitative estimate of drug-likeness (QED) is 0.878. The number of halogens is 1. The van der Waals surface area contributed by atoms with E-state index in [1.807, 2.05) is 21.7 Å². The Kier molecular flexibility index (Phi) is 5.44. The fourth-order valence-electron chi connectivity index (χ4n) is 4.43. The number of hydrogen-bond acceptors (Lipinski definition) is 4. The number of likely N-dealkylation sites (tertiary alicyclic amines) is 1. The van der Waals surface area contributed by atoms with Crippen LogP contribution in [0.25, 0.3) is 0 Å². The standard InChI is InChI=1S/C21H28FN5O/c1-14-10-15(2-7-19(14)22)11-16-8-9-26(12-16)21(28)20-13-27(25-24-20)18-5-3-17(23)4-6-18/h2,7,10,13,16-18H,3-6,8-9,11-12,23H2,1H3. The largest absolute Gasteiger partial charge is 0.337 e. The van der Waals surface area contributed by atoms with Crippen LogP contribution in [0.15, 0.2) is 24.4 Å². The molecule has 2 aromatic rings. The third kappa shape index (κ3) is 4.09. The van der Waals surface area contributed by atoms with Crippen LogP contribution in [0.3, 0.4) is 0 Å². The minimum atomic E-state index is -0.171. The summed E-state index contributed by atoms with van der Waals surface area (Å²) in [6, 6.07) is 5.85. The summed E-state index contributed by atoms with van der Waals surface area (Å²) in [5.74, 6) is 0.176. The summed E-state index contributed by atoms with van der Waals surface area (Å²) >= 11 is 0. The zero-order chi connectivity index (χ0) is 19.7. The Morgan fingerprint density at radius 3 is 2.79 bits per heavy atom. The molecule has 0 radical (unpaired) electrons. The van der Waals surface area contributed by atoms with Gasteiger partial charge in [-0.1, -0.05) is 17.3 Å². The van der Waals surface area contributed by atoms with Crippen molar-refractivity contribution in [1.29, 1.82) is 0 Å². The Morgan fingerprint density at radius 1 is 1.25 bits per heavy atom. The molecule has 6 nitrogen and oxygen atoms in total. The van der Waals surface area contributed by atoms with Crippen molar-refractivity contribution >= 4 is 5.91 Å². The first-order valence-electron chi connectivity index (χ1n) is 10.2. The Labute approximate surface area is 164 Å². The third-order valence-corrected chi connectivity index (χ3v) is 6.16. The summed E-state index contributed by atoms with van der Waals surface area (Å²) < 4.78 is 15.3. The molecule has 1 atom stereocenters. The van der Waals surface area contributed by atoms with Crippen LogP contribution in [0.2, 0.25) is 0 Å². The summed E-state index contributed by atoms with van der Waals surface area (Å²) in [5.41, 5.74) is 8.19. The van der Waals surface area contributed by atoms with E-state index in [0.717, 1.165) is 50.6 Å². The van der Waals surface area contributed by atoms with Crippen molar-refractivity contribution in [2.45, 2.75) is 57.5 Å². The second-order valence-electron chi connectivity index (χ2n) is 8.35. The summed E-state index contributed by atoms with van der Waals surface area (Å²) in [7, 11) is 0. The number of hydrogen-bond donors (Lipinski definition) is 1. The predicted octanol–water partition coefficient (Wildman–Crippen LogP) is 2.87. The molecule has 4 rings (SSSR count). The maximum Gasteiger partial charge on any atom is 0.276 e. The lowest BCUT2D eigenvalue weighted by atomic mass is 9.92. The number of rotatable bonds is 4. The lowest BCUT2D eigenvalue weighted by molar-refractivity contribution is 0.0781. The molecule has 2 aliphatic rings. The smallest absolute Gasteiger partial charge is 0.276 e. The molecule has 1 aromatic carbocycles. The van der Waals surface area contributed by atoms with Gasteiger partial charge in [-0.15, -0.1) is 5.10 Å². The number of nitrogens with zero attached hydrogens (tertiary/aromatic N) is 4. The van der Waals surface area contributed by atoms with Crippen molar-refractivity contribution in [3.63, 3.8) is 0 Å². The van der Waals surface area contributed by atoms with Crippen molar-refractivity contribution in [3.05, 3.63) is 47.0 Å². The SMILES string of the molecule is Cc1cc(CC2CCN(C(=O)c3cn(C4CCC(N)CC4)nn3)C2)ccc1F. The van der Waals surface area contributed by atoms with Gasteiger partial charge in [-0.2, -0.15) is 0 Å². The Bertz CT molecular complexity index is 843. The summed E-state index contributed by atoms with van der Waals surface area (Å²) in [6.07, 6.45) is 7.56. The minimum Gasteiger partial charge on any atom is -0.337 e. The van der Waals surface area contributed by atoms with Gasteiger partial charge in [0.25, 0.3) is 5.91 Å². The predicted molar refractivity (Wildman–Crippen MR) is 104 cm³/mol. The van der Waals surface area contributed by atoms with Crippen LogP contribution in [-0.4, -0.2) is 44.9 Å². The lowest BCUT2D eigenvalue weighted by Crippen LogP contribution is -2.29. The maximum absolute atomic E-state index is 13.4. The van der Waals surface area contributed by atoms with E-state index in [2.05, 4.69) is 10.3 Å². The molecule has 28 heavy (non-hydrogen) atoms. The lowest BCUT2D eigenvalue weighted by Gasteiger charge is -2.25. The molecular formula is C21H28FN5O. The van der Waals surface area contributed by atoms with E-state index >= 15 is 0 Å². The topological polar surface area (TPSA) is 77.0 Å². The van der Waals surface area contributed by atoms with Gasteiger partial charge in [0.15, 0.2) is 5.69 Å². The van der Waals surface area contributed by atoms with Crippen LogP contribution in [-0.2, 0) is 6.42 Å². The zero-order valence-corrected chi connectivity index (χ0v) is 16.4. The highest BCUT2D eigenvalue weighted by atomic mass is 19.1. The van der Waals surface area contributed by atoms with Crippen LogP contribution < -0.4 is 5.73 Å². The van der Waals surface area contributed by atoms with Crippen LogP contribution in [0.4, 0.5) is 4.39 Å². The average molecular weight is 385 g/mol. The first kappa shape index (κ1) is 19.1.